The van der Waals surface area contributed by atoms with E-state index in [9.17, 15) is 4.79 Å². The van der Waals surface area contributed by atoms with Crippen LogP contribution in [0.3, 0.4) is 0 Å². The van der Waals surface area contributed by atoms with Gasteiger partial charge in [0, 0.05) is 18.4 Å². The molecule has 0 fully saturated rings. The molecule has 0 aliphatic heterocycles. The number of rotatable bonds is 4. The van der Waals surface area contributed by atoms with Crippen LogP contribution in [0.1, 0.15) is 26.5 Å². The fourth-order valence-corrected chi connectivity index (χ4v) is 1.76. The van der Waals surface area contributed by atoms with E-state index in [4.69, 9.17) is 4.74 Å². The number of aromatic nitrogens is 3. The SMILES string of the molecule is Cn1nncc1CNc1ccc(NC(=O)OC(C)(C)C)cc1. The summed E-state index contributed by atoms with van der Waals surface area (Å²) in [6.07, 6.45) is 1.25. The molecule has 1 aromatic carbocycles. The number of hydrogen-bond acceptors (Lipinski definition) is 5. The third kappa shape index (κ3) is 4.76. The minimum absolute atomic E-state index is 0.464. The van der Waals surface area contributed by atoms with E-state index in [0.29, 0.717) is 12.2 Å². The van der Waals surface area contributed by atoms with Gasteiger partial charge in [-0.1, -0.05) is 5.21 Å². The normalized spacial score (nSPS) is 11.1. The molecule has 2 N–H and O–H groups in total. The van der Waals surface area contributed by atoms with E-state index < -0.39 is 11.7 Å². The van der Waals surface area contributed by atoms with Crippen molar-refractivity contribution in [1.82, 2.24) is 15.0 Å². The first kappa shape index (κ1) is 15.8. The summed E-state index contributed by atoms with van der Waals surface area (Å²) in [5, 5.41) is 13.6. The summed E-state index contributed by atoms with van der Waals surface area (Å²) in [6, 6.07) is 7.40. The molecular formula is C15H21N5O2. The van der Waals surface area contributed by atoms with Gasteiger partial charge in [-0.05, 0) is 45.0 Å². The van der Waals surface area contributed by atoms with Gasteiger partial charge in [0.15, 0.2) is 0 Å². The van der Waals surface area contributed by atoms with Gasteiger partial charge in [-0.25, -0.2) is 4.79 Å². The van der Waals surface area contributed by atoms with Crippen molar-refractivity contribution in [2.24, 2.45) is 7.05 Å². The topological polar surface area (TPSA) is 81.1 Å². The van der Waals surface area contributed by atoms with Gasteiger partial charge in [0.2, 0.25) is 0 Å². The molecule has 1 amide bonds. The molecule has 0 atom stereocenters. The highest BCUT2D eigenvalue weighted by Gasteiger charge is 2.16. The monoisotopic (exact) mass is 303 g/mol. The van der Waals surface area contributed by atoms with Gasteiger partial charge in [0.05, 0.1) is 18.4 Å². The Morgan fingerprint density at radius 3 is 2.41 bits per heavy atom. The number of amides is 1. The van der Waals surface area contributed by atoms with Crippen LogP contribution >= 0.6 is 0 Å². The lowest BCUT2D eigenvalue weighted by Crippen LogP contribution is -2.27. The van der Waals surface area contributed by atoms with E-state index in [2.05, 4.69) is 20.9 Å². The van der Waals surface area contributed by atoms with Crippen molar-refractivity contribution in [2.45, 2.75) is 32.9 Å². The second kappa shape index (κ2) is 6.46. The van der Waals surface area contributed by atoms with Crippen molar-refractivity contribution in [2.75, 3.05) is 10.6 Å². The summed E-state index contributed by atoms with van der Waals surface area (Å²) in [7, 11) is 1.85. The molecule has 0 aliphatic carbocycles. The van der Waals surface area contributed by atoms with E-state index >= 15 is 0 Å². The first-order valence-corrected chi connectivity index (χ1v) is 7.01. The highest BCUT2D eigenvalue weighted by atomic mass is 16.6. The maximum Gasteiger partial charge on any atom is 0.412 e. The highest BCUT2D eigenvalue weighted by molar-refractivity contribution is 5.85. The van der Waals surface area contributed by atoms with Crippen LogP contribution in [0.4, 0.5) is 16.2 Å². The van der Waals surface area contributed by atoms with Crippen LogP contribution in [-0.2, 0) is 18.3 Å². The van der Waals surface area contributed by atoms with Crippen LogP contribution in [0.15, 0.2) is 30.5 Å². The Morgan fingerprint density at radius 2 is 1.86 bits per heavy atom. The van der Waals surface area contributed by atoms with Crippen molar-refractivity contribution >= 4 is 17.5 Å². The number of hydrogen-bond donors (Lipinski definition) is 2. The van der Waals surface area contributed by atoms with Crippen LogP contribution in [0.2, 0.25) is 0 Å². The molecular weight excluding hydrogens is 282 g/mol. The Bertz CT molecular complexity index is 628. The molecule has 0 saturated carbocycles. The standard InChI is InChI=1S/C15H21N5O2/c1-15(2,3)22-14(21)18-12-7-5-11(6-8-12)16-9-13-10-17-19-20(13)4/h5-8,10,16H,9H2,1-4H3,(H,18,21). The minimum Gasteiger partial charge on any atom is -0.444 e. The van der Waals surface area contributed by atoms with Gasteiger partial charge in [-0.3, -0.25) is 10.00 Å². The first-order chi connectivity index (χ1) is 10.3. The molecule has 0 saturated heterocycles. The minimum atomic E-state index is -0.511. The summed E-state index contributed by atoms with van der Waals surface area (Å²) in [6.45, 7) is 6.11. The Balaban J connectivity index is 1.87. The predicted molar refractivity (Wildman–Crippen MR) is 84.6 cm³/mol. The van der Waals surface area contributed by atoms with Crippen molar-refractivity contribution in [3.63, 3.8) is 0 Å². The van der Waals surface area contributed by atoms with E-state index in [1.165, 1.54) is 0 Å². The number of nitrogens with one attached hydrogen (secondary N) is 2. The van der Waals surface area contributed by atoms with Crippen molar-refractivity contribution in [3.8, 4) is 0 Å². The van der Waals surface area contributed by atoms with Gasteiger partial charge >= 0.3 is 6.09 Å². The average molecular weight is 303 g/mol. The summed E-state index contributed by atoms with van der Waals surface area (Å²) in [5.41, 5.74) is 2.09. The third-order valence-electron chi connectivity index (χ3n) is 2.81. The van der Waals surface area contributed by atoms with E-state index in [0.717, 1.165) is 11.4 Å². The van der Waals surface area contributed by atoms with Crippen LogP contribution in [-0.4, -0.2) is 26.7 Å². The predicted octanol–water partition coefficient (Wildman–Crippen LogP) is 2.77. The van der Waals surface area contributed by atoms with Gasteiger partial charge in [0.1, 0.15) is 5.60 Å². The van der Waals surface area contributed by atoms with Crippen molar-refractivity contribution in [1.29, 1.82) is 0 Å². The lowest BCUT2D eigenvalue weighted by atomic mass is 10.2. The number of benzene rings is 1. The zero-order valence-electron chi connectivity index (χ0n) is 13.3. The fourth-order valence-electron chi connectivity index (χ4n) is 1.76. The Morgan fingerprint density at radius 1 is 1.23 bits per heavy atom. The molecule has 22 heavy (non-hydrogen) atoms. The number of nitrogens with zero attached hydrogens (tertiary/aromatic N) is 3. The Kier molecular flexibility index (Phi) is 4.65. The quantitative estimate of drug-likeness (QED) is 0.907. The van der Waals surface area contributed by atoms with Crippen LogP contribution < -0.4 is 10.6 Å². The lowest BCUT2D eigenvalue weighted by Gasteiger charge is -2.19. The first-order valence-electron chi connectivity index (χ1n) is 7.01. The summed E-state index contributed by atoms with van der Waals surface area (Å²) in [5.74, 6) is 0. The Labute approximate surface area is 129 Å². The molecule has 0 bridgehead atoms. The number of ether oxygens (including phenoxy) is 1. The molecule has 7 nitrogen and oxygen atoms in total. The summed E-state index contributed by atoms with van der Waals surface area (Å²) in [4.78, 5) is 11.7. The fraction of sp³-hybridized carbons (Fsp3) is 0.400. The van der Waals surface area contributed by atoms with Crippen LogP contribution in [0.25, 0.3) is 0 Å². The number of aryl methyl sites for hydroxylation is 1. The molecule has 1 aromatic heterocycles. The van der Waals surface area contributed by atoms with Gasteiger partial charge < -0.3 is 10.1 Å². The number of anilines is 2. The molecule has 2 aromatic rings. The molecule has 0 aliphatic rings. The van der Waals surface area contributed by atoms with Crippen molar-refractivity contribution < 1.29 is 9.53 Å². The molecule has 0 spiro atoms. The Hall–Kier alpha value is -2.57. The van der Waals surface area contributed by atoms with Gasteiger partial charge in [-0.15, -0.1) is 5.10 Å². The molecule has 1 heterocycles. The van der Waals surface area contributed by atoms with Crippen molar-refractivity contribution in [3.05, 3.63) is 36.2 Å². The maximum atomic E-state index is 11.7. The molecule has 2 rings (SSSR count). The second-order valence-corrected chi connectivity index (χ2v) is 5.91. The summed E-state index contributed by atoms with van der Waals surface area (Å²) < 4.78 is 6.91. The molecule has 7 heteroatoms. The third-order valence-corrected chi connectivity index (χ3v) is 2.81. The maximum absolute atomic E-state index is 11.7. The highest BCUT2D eigenvalue weighted by Crippen LogP contribution is 2.16. The lowest BCUT2D eigenvalue weighted by molar-refractivity contribution is 0.0636. The molecule has 0 radical (unpaired) electrons. The van der Waals surface area contributed by atoms with E-state index in [1.807, 2.05) is 52.1 Å². The zero-order valence-corrected chi connectivity index (χ0v) is 13.3. The number of carbonyl (C=O) groups is 1. The number of carbonyl (C=O) groups excluding carboxylic acids is 1. The zero-order chi connectivity index (χ0) is 16.2. The largest absolute Gasteiger partial charge is 0.444 e. The van der Waals surface area contributed by atoms with Crippen LogP contribution in [0.5, 0.6) is 0 Å². The second-order valence-electron chi connectivity index (χ2n) is 5.91. The van der Waals surface area contributed by atoms with E-state index in [1.54, 1.807) is 10.9 Å². The smallest absolute Gasteiger partial charge is 0.412 e. The van der Waals surface area contributed by atoms with Gasteiger partial charge in [0.25, 0.3) is 0 Å². The summed E-state index contributed by atoms with van der Waals surface area (Å²) >= 11 is 0. The van der Waals surface area contributed by atoms with E-state index in [-0.39, 0.29) is 0 Å². The van der Waals surface area contributed by atoms with Gasteiger partial charge in [-0.2, -0.15) is 0 Å². The molecule has 118 valence electrons. The average Bonchev–Trinajstić information content (AvgIpc) is 2.81. The van der Waals surface area contributed by atoms with Crippen LogP contribution in [0, 0.1) is 0 Å². The molecule has 0 unspecified atom stereocenters.